The van der Waals surface area contributed by atoms with Gasteiger partial charge < -0.3 is 11.5 Å². The average Bonchev–Trinajstić information content (AvgIpc) is 2.39. The third kappa shape index (κ3) is 3.38. The van der Waals surface area contributed by atoms with Crippen LogP contribution >= 0.6 is 11.3 Å². The lowest BCUT2D eigenvalue weighted by molar-refractivity contribution is 0.595. The molecule has 0 aliphatic carbocycles. The SMILES string of the molecule is CC(C)CC/C=C\c1sc(N)nc1N. The zero-order valence-electron chi connectivity index (χ0n) is 8.66. The molecule has 0 aromatic carbocycles. The molecule has 0 aliphatic heterocycles. The van der Waals surface area contributed by atoms with Crippen LogP contribution in [0.3, 0.4) is 0 Å². The van der Waals surface area contributed by atoms with E-state index in [1.54, 1.807) is 0 Å². The second kappa shape index (κ2) is 5.00. The molecule has 0 atom stereocenters. The molecule has 0 bridgehead atoms. The lowest BCUT2D eigenvalue weighted by Gasteiger charge is -1.98. The van der Waals surface area contributed by atoms with E-state index in [4.69, 9.17) is 11.5 Å². The summed E-state index contributed by atoms with van der Waals surface area (Å²) in [6.07, 6.45) is 6.41. The first-order valence-corrected chi connectivity index (χ1v) is 5.59. The molecular formula is C10H17N3S. The van der Waals surface area contributed by atoms with Crippen LogP contribution in [0.1, 0.15) is 31.6 Å². The topological polar surface area (TPSA) is 64.9 Å². The van der Waals surface area contributed by atoms with Crippen molar-refractivity contribution in [3.8, 4) is 0 Å². The van der Waals surface area contributed by atoms with E-state index in [0.29, 0.717) is 10.9 Å². The number of allylic oxidation sites excluding steroid dienone is 1. The zero-order chi connectivity index (χ0) is 10.6. The van der Waals surface area contributed by atoms with Crippen LogP contribution < -0.4 is 11.5 Å². The number of aromatic nitrogens is 1. The summed E-state index contributed by atoms with van der Waals surface area (Å²) in [4.78, 5) is 4.91. The minimum absolute atomic E-state index is 0.533. The summed E-state index contributed by atoms with van der Waals surface area (Å²) in [5.74, 6) is 1.27. The number of rotatable bonds is 4. The van der Waals surface area contributed by atoms with Crippen molar-refractivity contribution in [3.63, 3.8) is 0 Å². The third-order valence-corrected chi connectivity index (χ3v) is 2.74. The predicted molar refractivity (Wildman–Crippen MR) is 64.0 cm³/mol. The summed E-state index contributed by atoms with van der Waals surface area (Å²) in [6.45, 7) is 4.43. The summed E-state index contributed by atoms with van der Waals surface area (Å²) in [5.41, 5.74) is 11.2. The molecule has 0 amide bonds. The molecule has 0 saturated carbocycles. The van der Waals surface area contributed by atoms with Crippen molar-refractivity contribution < 1.29 is 0 Å². The van der Waals surface area contributed by atoms with Gasteiger partial charge in [0.2, 0.25) is 0 Å². The quantitative estimate of drug-likeness (QED) is 0.804. The maximum absolute atomic E-state index is 5.65. The fourth-order valence-corrected chi connectivity index (χ4v) is 1.78. The number of nitrogens with two attached hydrogens (primary N) is 2. The molecule has 4 N–H and O–H groups in total. The molecule has 4 heteroatoms. The van der Waals surface area contributed by atoms with Gasteiger partial charge in [0.05, 0.1) is 4.88 Å². The lowest BCUT2D eigenvalue weighted by atomic mass is 10.1. The normalized spacial score (nSPS) is 11.6. The molecule has 0 spiro atoms. The van der Waals surface area contributed by atoms with Crippen LogP contribution in [0.4, 0.5) is 10.9 Å². The molecule has 1 heterocycles. The zero-order valence-corrected chi connectivity index (χ0v) is 9.47. The Bertz CT molecular complexity index is 315. The van der Waals surface area contributed by atoms with E-state index >= 15 is 0 Å². The van der Waals surface area contributed by atoms with Crippen molar-refractivity contribution in [3.05, 3.63) is 11.0 Å². The highest BCUT2D eigenvalue weighted by molar-refractivity contribution is 7.16. The maximum atomic E-state index is 5.65. The van der Waals surface area contributed by atoms with Crippen molar-refractivity contribution in [1.29, 1.82) is 0 Å². The van der Waals surface area contributed by atoms with Gasteiger partial charge in [-0.1, -0.05) is 31.3 Å². The van der Waals surface area contributed by atoms with Crippen molar-refractivity contribution in [1.82, 2.24) is 4.98 Å². The summed E-state index contributed by atoms with van der Waals surface area (Å²) in [5, 5.41) is 0.533. The molecule has 0 radical (unpaired) electrons. The highest BCUT2D eigenvalue weighted by atomic mass is 32.1. The van der Waals surface area contributed by atoms with Crippen LogP contribution in [0.5, 0.6) is 0 Å². The van der Waals surface area contributed by atoms with Crippen LogP contribution in [0, 0.1) is 5.92 Å². The van der Waals surface area contributed by atoms with Crippen LogP contribution in [-0.4, -0.2) is 4.98 Å². The molecule has 1 aromatic heterocycles. The van der Waals surface area contributed by atoms with Crippen LogP contribution in [0.25, 0.3) is 6.08 Å². The Morgan fingerprint density at radius 1 is 1.43 bits per heavy atom. The van der Waals surface area contributed by atoms with Crippen molar-refractivity contribution in [2.24, 2.45) is 5.92 Å². The van der Waals surface area contributed by atoms with Crippen molar-refractivity contribution in [2.45, 2.75) is 26.7 Å². The van der Waals surface area contributed by atoms with Crippen LogP contribution in [0.15, 0.2) is 6.08 Å². The predicted octanol–water partition coefficient (Wildman–Crippen LogP) is 2.76. The number of hydrogen-bond donors (Lipinski definition) is 2. The van der Waals surface area contributed by atoms with Gasteiger partial charge in [-0.25, -0.2) is 4.98 Å². The second-order valence-electron chi connectivity index (χ2n) is 3.68. The molecule has 14 heavy (non-hydrogen) atoms. The largest absolute Gasteiger partial charge is 0.382 e. The van der Waals surface area contributed by atoms with E-state index in [0.717, 1.165) is 17.2 Å². The Balaban J connectivity index is 2.47. The number of nitrogen functional groups attached to an aromatic ring is 2. The van der Waals surface area contributed by atoms with E-state index in [1.807, 2.05) is 6.08 Å². The van der Waals surface area contributed by atoms with Gasteiger partial charge >= 0.3 is 0 Å². The summed E-state index contributed by atoms with van der Waals surface area (Å²) < 4.78 is 0. The van der Waals surface area contributed by atoms with Gasteiger partial charge in [-0.2, -0.15) is 0 Å². The first-order valence-electron chi connectivity index (χ1n) is 4.78. The van der Waals surface area contributed by atoms with Gasteiger partial charge in [-0.3, -0.25) is 0 Å². The highest BCUT2D eigenvalue weighted by Gasteiger charge is 2.01. The fourth-order valence-electron chi connectivity index (χ4n) is 1.10. The number of anilines is 2. The molecule has 1 aromatic rings. The van der Waals surface area contributed by atoms with Crippen LogP contribution in [-0.2, 0) is 0 Å². The third-order valence-electron chi connectivity index (χ3n) is 1.88. The molecular weight excluding hydrogens is 194 g/mol. The average molecular weight is 211 g/mol. The Hall–Kier alpha value is -1.03. The van der Waals surface area contributed by atoms with Crippen molar-refractivity contribution in [2.75, 3.05) is 11.5 Å². The molecule has 0 aliphatic rings. The second-order valence-corrected chi connectivity index (χ2v) is 4.74. The number of thiazole rings is 1. The van der Waals surface area contributed by atoms with Gasteiger partial charge in [0.15, 0.2) is 5.13 Å². The minimum atomic E-state index is 0.533. The van der Waals surface area contributed by atoms with Gasteiger partial charge in [-0.15, -0.1) is 0 Å². The molecule has 78 valence electrons. The first kappa shape index (κ1) is 11.0. The van der Waals surface area contributed by atoms with E-state index in [-0.39, 0.29) is 0 Å². The van der Waals surface area contributed by atoms with E-state index in [9.17, 15) is 0 Å². The maximum Gasteiger partial charge on any atom is 0.182 e. The molecule has 0 unspecified atom stereocenters. The van der Waals surface area contributed by atoms with Gasteiger partial charge in [0.1, 0.15) is 5.82 Å². The molecule has 1 rings (SSSR count). The highest BCUT2D eigenvalue weighted by Crippen LogP contribution is 2.23. The number of nitrogens with zero attached hydrogens (tertiary/aromatic N) is 1. The van der Waals surface area contributed by atoms with Crippen LogP contribution in [0.2, 0.25) is 0 Å². The Morgan fingerprint density at radius 2 is 2.14 bits per heavy atom. The van der Waals surface area contributed by atoms with E-state index in [1.165, 1.54) is 17.8 Å². The Morgan fingerprint density at radius 3 is 2.64 bits per heavy atom. The van der Waals surface area contributed by atoms with Gasteiger partial charge in [-0.05, 0) is 24.8 Å². The summed E-state index contributed by atoms with van der Waals surface area (Å²) >= 11 is 1.43. The first-order chi connectivity index (χ1) is 6.59. The smallest absolute Gasteiger partial charge is 0.182 e. The monoisotopic (exact) mass is 211 g/mol. The molecule has 0 saturated heterocycles. The molecule has 0 fully saturated rings. The standard InChI is InChI=1S/C10H17N3S/c1-7(2)5-3-4-6-8-9(11)13-10(12)14-8/h4,6-7H,3,5,11H2,1-2H3,(H2,12,13)/b6-4-. The van der Waals surface area contributed by atoms with Crippen molar-refractivity contribution >= 4 is 28.4 Å². The minimum Gasteiger partial charge on any atom is -0.382 e. The Labute approximate surface area is 88.8 Å². The van der Waals surface area contributed by atoms with E-state index < -0.39 is 0 Å². The van der Waals surface area contributed by atoms with E-state index in [2.05, 4.69) is 24.9 Å². The lowest BCUT2D eigenvalue weighted by Crippen LogP contribution is -1.88. The Kier molecular flexibility index (Phi) is 3.95. The summed E-state index contributed by atoms with van der Waals surface area (Å²) in [7, 11) is 0. The molecule has 3 nitrogen and oxygen atoms in total. The fraction of sp³-hybridized carbons (Fsp3) is 0.500. The number of hydrogen-bond acceptors (Lipinski definition) is 4. The summed E-state index contributed by atoms with van der Waals surface area (Å²) in [6, 6.07) is 0. The van der Waals surface area contributed by atoms with Gasteiger partial charge in [0.25, 0.3) is 0 Å². The van der Waals surface area contributed by atoms with Gasteiger partial charge in [0, 0.05) is 0 Å².